The van der Waals surface area contributed by atoms with Crippen molar-refractivity contribution in [2.75, 3.05) is 11.5 Å². The number of benzene rings is 1. The number of anilines is 2. The number of rotatable bonds is 2. The number of aromatic nitrogens is 1. The van der Waals surface area contributed by atoms with Crippen LogP contribution in [-0.4, -0.2) is 4.98 Å². The van der Waals surface area contributed by atoms with Crippen molar-refractivity contribution < 1.29 is 20.1 Å². The Morgan fingerprint density at radius 2 is 1.71 bits per heavy atom. The Bertz CT molecular complexity index is 573. The molecule has 6 nitrogen and oxygen atoms in total. The molecule has 0 spiro atoms. The molecule has 0 fully saturated rings. The first-order valence-electron chi connectivity index (χ1n) is 4.65. The Hall–Kier alpha value is -0.810. The maximum absolute atomic E-state index is 5.99. The van der Waals surface area contributed by atoms with E-state index in [1.54, 1.807) is 0 Å². The van der Waals surface area contributed by atoms with Crippen molar-refractivity contribution in [3.63, 3.8) is 0 Å². The molecular formula is C9H14IN6S-. The number of nitrogen functional groups attached to an aromatic ring is 2. The molecule has 0 saturated carbocycles. The van der Waals surface area contributed by atoms with Crippen LogP contribution in [0.2, 0.25) is 0 Å². The monoisotopic (exact) mass is 365 g/mol. The van der Waals surface area contributed by atoms with Gasteiger partial charge in [-0.15, -0.1) is 0 Å². The summed E-state index contributed by atoms with van der Waals surface area (Å²) in [6.45, 7) is 0. The van der Waals surface area contributed by atoms with Gasteiger partial charge in [-0.3, -0.25) is 0 Å². The molecule has 17 heavy (non-hydrogen) atoms. The second-order valence-electron chi connectivity index (χ2n) is 3.48. The van der Waals surface area contributed by atoms with Gasteiger partial charge in [0, 0.05) is 0 Å². The quantitative estimate of drug-likeness (QED) is 0.287. The zero-order valence-electron chi connectivity index (χ0n) is 8.93. The topological polar surface area (TPSA) is 143 Å². The van der Waals surface area contributed by atoms with Gasteiger partial charge in [0.25, 0.3) is 0 Å². The third-order valence-electron chi connectivity index (χ3n) is 2.38. The average Bonchev–Trinajstić information content (AvgIpc) is 2.33. The first-order chi connectivity index (χ1) is 7.97. The summed E-state index contributed by atoms with van der Waals surface area (Å²) in [5, 5.41) is 13.2. The summed E-state index contributed by atoms with van der Waals surface area (Å²) < 4.78 is 5.66. The summed E-state index contributed by atoms with van der Waals surface area (Å²) in [6, 6.07) is 7.45. The fraction of sp³-hybridized carbons (Fsp3) is 0. The van der Waals surface area contributed by atoms with Gasteiger partial charge in [0.2, 0.25) is 0 Å². The van der Waals surface area contributed by atoms with Crippen LogP contribution in [0, 0.1) is 0 Å². The van der Waals surface area contributed by atoms with Crippen molar-refractivity contribution in [3.05, 3.63) is 24.3 Å². The summed E-state index contributed by atoms with van der Waals surface area (Å²) in [5.41, 5.74) is 13.5. The van der Waals surface area contributed by atoms with Gasteiger partial charge in [0.1, 0.15) is 0 Å². The van der Waals surface area contributed by atoms with Crippen molar-refractivity contribution in [1.82, 2.24) is 4.98 Å². The van der Waals surface area contributed by atoms with Crippen molar-refractivity contribution in [1.29, 1.82) is 0 Å². The molecule has 0 saturated heterocycles. The van der Waals surface area contributed by atoms with Gasteiger partial charge in [0.15, 0.2) is 0 Å². The predicted molar refractivity (Wildman–Crippen MR) is 69.0 cm³/mol. The van der Waals surface area contributed by atoms with Crippen molar-refractivity contribution >= 4 is 29.8 Å². The molecule has 0 aliphatic carbocycles. The van der Waals surface area contributed by atoms with E-state index in [1.165, 1.54) is 0 Å². The summed E-state index contributed by atoms with van der Waals surface area (Å²) in [5.74, 6) is 0. The van der Waals surface area contributed by atoms with E-state index in [-0.39, 0.29) is 0 Å². The van der Waals surface area contributed by atoms with Crippen LogP contribution >= 0.6 is 7.57 Å². The molecule has 1 aromatic heterocycles. The number of nitrogens with two attached hydrogens (primary N) is 5. The Morgan fingerprint density at radius 1 is 1.06 bits per heavy atom. The number of hydrogen-bond donors (Lipinski definition) is 5. The van der Waals surface area contributed by atoms with Gasteiger partial charge in [-0.1, -0.05) is 0 Å². The van der Waals surface area contributed by atoms with E-state index in [0.717, 1.165) is 10.9 Å². The normalized spacial score (nSPS) is 13.1. The molecule has 94 valence electrons. The van der Waals surface area contributed by atoms with Crippen LogP contribution in [0.3, 0.4) is 0 Å². The average molecular weight is 365 g/mol. The number of hydrogen-bond acceptors (Lipinski definition) is 6. The fourth-order valence-electron chi connectivity index (χ4n) is 1.51. The molecule has 0 radical (unpaired) electrons. The first kappa shape index (κ1) is 12.6. The van der Waals surface area contributed by atoms with Crippen LogP contribution in [0.15, 0.2) is 29.3 Å². The first-order valence-corrected chi connectivity index (χ1v) is 10.2. The Morgan fingerprint density at radius 3 is 2.35 bits per heavy atom. The van der Waals surface area contributed by atoms with Crippen LogP contribution in [0.5, 0.6) is 0 Å². The van der Waals surface area contributed by atoms with E-state index in [9.17, 15) is 0 Å². The Labute approximate surface area is 110 Å². The van der Waals surface area contributed by atoms with Crippen molar-refractivity contribution in [2.45, 2.75) is 5.03 Å². The summed E-state index contributed by atoms with van der Waals surface area (Å²) in [4.78, 5) is 4.41. The van der Waals surface area contributed by atoms with Crippen LogP contribution in [0.25, 0.3) is 10.9 Å². The summed E-state index contributed by atoms with van der Waals surface area (Å²) in [6.07, 6.45) is 0. The Kier molecular flexibility index (Phi) is 3.32. The molecule has 8 heteroatoms. The van der Waals surface area contributed by atoms with E-state index in [0.29, 0.717) is 16.4 Å². The van der Waals surface area contributed by atoms with Crippen LogP contribution in [-0.2, 0) is 0 Å². The van der Waals surface area contributed by atoms with Gasteiger partial charge < -0.3 is 0 Å². The number of fused-ring (bicyclic) bond motifs is 1. The maximum atomic E-state index is 5.99. The molecule has 0 aliphatic rings. The molecule has 0 amide bonds. The van der Waals surface area contributed by atoms with Crippen molar-refractivity contribution in [2.24, 2.45) is 14.2 Å². The van der Waals surface area contributed by atoms with E-state index in [2.05, 4.69) is 4.98 Å². The predicted octanol–water partition coefficient (Wildman–Crippen LogP) is -2.81. The minimum absolute atomic E-state index is 0.355. The molecule has 0 atom stereocenters. The van der Waals surface area contributed by atoms with E-state index >= 15 is 0 Å². The van der Waals surface area contributed by atoms with E-state index in [4.69, 9.17) is 25.7 Å². The number of nitrogens with zero attached hydrogens (tertiary/aromatic N) is 1. The third kappa shape index (κ3) is 2.13. The number of pyridine rings is 1. The van der Waals surface area contributed by atoms with Gasteiger partial charge >= 0.3 is 110 Å². The van der Waals surface area contributed by atoms with Crippen LogP contribution < -0.4 is 45.8 Å². The molecule has 1 heterocycles. The minimum atomic E-state index is -2.07. The fourth-order valence-corrected chi connectivity index (χ4v) is 4.01. The second-order valence-corrected chi connectivity index (χ2v) is 11.2. The van der Waals surface area contributed by atoms with Gasteiger partial charge in [-0.2, -0.15) is 0 Å². The van der Waals surface area contributed by atoms with E-state index < -0.39 is 27.7 Å². The summed E-state index contributed by atoms with van der Waals surface area (Å²) >= 11 is -0.863. The molecule has 2 aromatic rings. The zero-order chi connectivity index (χ0) is 12.6. The molecule has 0 bridgehead atoms. The molecule has 10 N–H and O–H groups in total. The van der Waals surface area contributed by atoms with E-state index in [1.807, 2.05) is 24.3 Å². The van der Waals surface area contributed by atoms with Gasteiger partial charge in [-0.25, -0.2) is 0 Å². The number of para-hydroxylation sites is 1. The van der Waals surface area contributed by atoms with Gasteiger partial charge in [0.05, 0.1) is 0 Å². The van der Waals surface area contributed by atoms with Crippen molar-refractivity contribution in [3.8, 4) is 0 Å². The Balaban J connectivity index is 2.79. The van der Waals surface area contributed by atoms with Crippen LogP contribution in [0.1, 0.15) is 0 Å². The molecule has 1 aromatic carbocycles. The SMILES string of the molecule is N[I-]S(N)(N)c1nc2ccccc2c(N)c1N. The second kappa shape index (κ2) is 4.46. The molecular weight excluding hydrogens is 351 g/mol. The standard InChI is InChI=1S/C9H14IN6S/c11-7-5-3-1-2-4-6(5)16-9(8(7)12)17(14,15)10-13/h1-4H,12-15H2,(H2,11,16)/q-1. The summed E-state index contributed by atoms with van der Waals surface area (Å²) in [7, 11) is -2.07. The molecule has 0 aliphatic heterocycles. The number of halogens is 1. The third-order valence-corrected chi connectivity index (χ3v) is 7.36. The van der Waals surface area contributed by atoms with Crippen LogP contribution in [0.4, 0.5) is 11.4 Å². The van der Waals surface area contributed by atoms with Gasteiger partial charge in [-0.05, 0) is 0 Å². The molecule has 2 rings (SSSR count). The molecule has 0 unspecified atom stereocenters. The zero-order valence-corrected chi connectivity index (χ0v) is 11.9.